The van der Waals surface area contributed by atoms with Gasteiger partial charge in [0.1, 0.15) is 0 Å². The van der Waals surface area contributed by atoms with Gasteiger partial charge in [0.2, 0.25) is 0 Å². The lowest BCUT2D eigenvalue weighted by molar-refractivity contribution is 0.0447. The number of methoxy groups -OCH3 is 2. The van der Waals surface area contributed by atoms with Gasteiger partial charge in [-0.25, -0.2) is 0 Å². The fourth-order valence-electron chi connectivity index (χ4n) is 0.361. The van der Waals surface area contributed by atoms with Crippen molar-refractivity contribution >= 4 is 22.6 Å². The minimum Gasteiger partial charge on any atom is -0.382 e. The van der Waals surface area contributed by atoms with Gasteiger partial charge in [-0.15, -0.1) is 0 Å². The summed E-state index contributed by atoms with van der Waals surface area (Å²) in [7, 11) is 3.38. The van der Waals surface area contributed by atoms with E-state index < -0.39 is 0 Å². The van der Waals surface area contributed by atoms with Crippen LogP contribution in [0.5, 0.6) is 0 Å². The Morgan fingerprint density at radius 1 is 1.50 bits per heavy atom. The van der Waals surface area contributed by atoms with E-state index in [2.05, 4.69) is 22.6 Å². The summed E-state index contributed by atoms with van der Waals surface area (Å²) in [4.78, 5) is 0. The minimum absolute atomic E-state index is 0.264. The van der Waals surface area contributed by atoms with E-state index in [9.17, 15) is 0 Å². The molecule has 0 heterocycles. The van der Waals surface area contributed by atoms with Gasteiger partial charge in [-0.2, -0.15) is 0 Å². The van der Waals surface area contributed by atoms with Crippen molar-refractivity contribution in [2.45, 2.75) is 6.10 Å². The van der Waals surface area contributed by atoms with Crippen molar-refractivity contribution in [3.05, 3.63) is 0 Å². The zero-order valence-electron chi connectivity index (χ0n) is 5.19. The van der Waals surface area contributed by atoms with Crippen molar-refractivity contribution in [3.8, 4) is 0 Å². The van der Waals surface area contributed by atoms with Crippen LogP contribution in [0.2, 0.25) is 0 Å². The maximum absolute atomic E-state index is 5.01. The number of hydrogen-bond acceptors (Lipinski definition) is 2. The van der Waals surface area contributed by atoms with Gasteiger partial charge in [0.15, 0.2) is 0 Å². The summed E-state index contributed by atoms with van der Waals surface area (Å²) in [5, 5.41) is 0. The van der Waals surface area contributed by atoms with Crippen LogP contribution in [0.25, 0.3) is 0 Å². The standard InChI is InChI=1S/C5H11IO2/c1-7-4-5(3-6)8-2/h5H,3-4H2,1-2H3. The highest BCUT2D eigenvalue weighted by Crippen LogP contribution is 1.95. The summed E-state index contributed by atoms with van der Waals surface area (Å²) in [6.45, 7) is 0.694. The van der Waals surface area contributed by atoms with E-state index in [-0.39, 0.29) is 6.10 Å². The van der Waals surface area contributed by atoms with Gasteiger partial charge in [-0.05, 0) is 0 Å². The van der Waals surface area contributed by atoms with Crippen LogP contribution < -0.4 is 0 Å². The average molecular weight is 230 g/mol. The molecule has 0 bridgehead atoms. The molecule has 0 aromatic carbocycles. The zero-order valence-corrected chi connectivity index (χ0v) is 7.34. The topological polar surface area (TPSA) is 18.5 Å². The van der Waals surface area contributed by atoms with Gasteiger partial charge < -0.3 is 9.47 Å². The molecule has 0 spiro atoms. The first-order chi connectivity index (χ1) is 3.85. The molecule has 3 heteroatoms. The van der Waals surface area contributed by atoms with Crippen molar-refractivity contribution in [2.75, 3.05) is 25.3 Å². The lowest BCUT2D eigenvalue weighted by atomic mass is 10.4. The molecule has 0 aliphatic heterocycles. The Morgan fingerprint density at radius 2 is 2.12 bits per heavy atom. The van der Waals surface area contributed by atoms with Crippen molar-refractivity contribution in [2.24, 2.45) is 0 Å². The molecule has 2 nitrogen and oxygen atoms in total. The van der Waals surface area contributed by atoms with Gasteiger partial charge in [-0.1, -0.05) is 22.6 Å². The molecule has 1 unspecified atom stereocenters. The molecule has 50 valence electrons. The molecule has 0 saturated carbocycles. The number of hydrogen-bond donors (Lipinski definition) is 0. The van der Waals surface area contributed by atoms with Gasteiger partial charge in [-0.3, -0.25) is 0 Å². The van der Waals surface area contributed by atoms with Crippen LogP contribution in [-0.4, -0.2) is 31.4 Å². The smallest absolute Gasteiger partial charge is 0.0893 e. The molecule has 0 fully saturated rings. The second-order valence-corrected chi connectivity index (χ2v) is 2.35. The molecule has 8 heavy (non-hydrogen) atoms. The maximum Gasteiger partial charge on any atom is 0.0893 e. The van der Waals surface area contributed by atoms with E-state index in [1.165, 1.54) is 0 Å². The molecular weight excluding hydrogens is 219 g/mol. The molecule has 0 aliphatic carbocycles. The van der Waals surface area contributed by atoms with E-state index in [1.807, 2.05) is 0 Å². The summed E-state index contributed by atoms with van der Waals surface area (Å²) in [5.74, 6) is 0. The Labute approximate surface area is 63.7 Å². The normalized spacial score (nSPS) is 13.9. The predicted molar refractivity (Wildman–Crippen MR) is 41.6 cm³/mol. The summed E-state index contributed by atoms with van der Waals surface area (Å²) >= 11 is 2.27. The summed E-state index contributed by atoms with van der Waals surface area (Å²) in [5.41, 5.74) is 0. The Bertz CT molecular complexity index is 45.7. The number of alkyl halides is 1. The highest BCUT2D eigenvalue weighted by molar-refractivity contribution is 14.1. The van der Waals surface area contributed by atoms with E-state index in [1.54, 1.807) is 14.2 Å². The molecule has 0 aliphatic rings. The Hall–Kier alpha value is 0.650. The van der Waals surface area contributed by atoms with Crippen molar-refractivity contribution in [1.29, 1.82) is 0 Å². The van der Waals surface area contributed by atoms with Gasteiger partial charge >= 0.3 is 0 Å². The first kappa shape index (κ1) is 8.65. The lowest BCUT2D eigenvalue weighted by Gasteiger charge is -2.08. The zero-order chi connectivity index (χ0) is 6.41. The average Bonchev–Trinajstić information content (AvgIpc) is 1.83. The van der Waals surface area contributed by atoms with Crippen molar-refractivity contribution < 1.29 is 9.47 Å². The number of rotatable bonds is 4. The van der Waals surface area contributed by atoms with Crippen LogP contribution in [0.15, 0.2) is 0 Å². The monoisotopic (exact) mass is 230 g/mol. The lowest BCUT2D eigenvalue weighted by Crippen LogP contribution is -2.18. The Kier molecular flexibility index (Phi) is 6.25. The Morgan fingerprint density at radius 3 is 2.25 bits per heavy atom. The van der Waals surface area contributed by atoms with Crippen LogP contribution in [0.4, 0.5) is 0 Å². The fraction of sp³-hybridized carbons (Fsp3) is 1.00. The van der Waals surface area contributed by atoms with E-state index in [0.29, 0.717) is 6.61 Å². The molecule has 0 N–H and O–H groups in total. The SMILES string of the molecule is COCC(CI)OC. The number of halogens is 1. The molecule has 0 amide bonds. The largest absolute Gasteiger partial charge is 0.382 e. The summed E-state index contributed by atoms with van der Waals surface area (Å²) in [6, 6.07) is 0. The fourth-order valence-corrected chi connectivity index (χ4v) is 0.975. The summed E-state index contributed by atoms with van der Waals surface area (Å²) in [6.07, 6.45) is 0.264. The quantitative estimate of drug-likeness (QED) is 0.531. The highest BCUT2D eigenvalue weighted by Gasteiger charge is 2.01. The van der Waals surface area contributed by atoms with Gasteiger partial charge in [0.05, 0.1) is 12.7 Å². The third-order valence-electron chi connectivity index (χ3n) is 0.858. The second-order valence-electron chi connectivity index (χ2n) is 1.47. The molecule has 0 saturated heterocycles. The molecular formula is C5H11IO2. The third kappa shape index (κ3) is 3.63. The second kappa shape index (κ2) is 5.78. The van der Waals surface area contributed by atoms with Crippen LogP contribution >= 0.6 is 22.6 Å². The molecule has 0 rings (SSSR count). The highest BCUT2D eigenvalue weighted by atomic mass is 127. The molecule has 0 aromatic rings. The van der Waals surface area contributed by atoms with Gasteiger partial charge in [0, 0.05) is 18.6 Å². The van der Waals surface area contributed by atoms with E-state index in [0.717, 1.165) is 4.43 Å². The molecule has 0 radical (unpaired) electrons. The maximum atomic E-state index is 5.01. The molecule has 1 atom stereocenters. The minimum atomic E-state index is 0.264. The predicted octanol–water partition coefficient (Wildman–Crippen LogP) is 1.08. The number of ether oxygens (including phenoxy) is 2. The molecule has 0 aromatic heterocycles. The van der Waals surface area contributed by atoms with Gasteiger partial charge in [0.25, 0.3) is 0 Å². The van der Waals surface area contributed by atoms with Crippen molar-refractivity contribution in [3.63, 3.8) is 0 Å². The van der Waals surface area contributed by atoms with Crippen LogP contribution in [0.1, 0.15) is 0 Å². The Balaban J connectivity index is 3.07. The first-order valence-electron chi connectivity index (χ1n) is 2.42. The van der Waals surface area contributed by atoms with E-state index >= 15 is 0 Å². The van der Waals surface area contributed by atoms with Crippen LogP contribution in [0.3, 0.4) is 0 Å². The van der Waals surface area contributed by atoms with Crippen molar-refractivity contribution in [1.82, 2.24) is 0 Å². The third-order valence-corrected chi connectivity index (χ3v) is 1.84. The first-order valence-corrected chi connectivity index (χ1v) is 3.95. The van der Waals surface area contributed by atoms with Crippen LogP contribution in [-0.2, 0) is 9.47 Å². The van der Waals surface area contributed by atoms with E-state index in [4.69, 9.17) is 9.47 Å². The summed E-state index contributed by atoms with van der Waals surface area (Å²) < 4.78 is 10.9. The van der Waals surface area contributed by atoms with Crippen LogP contribution in [0, 0.1) is 0 Å².